The lowest BCUT2D eigenvalue weighted by molar-refractivity contribution is -0.124. The zero-order valence-electron chi connectivity index (χ0n) is 13.5. The van der Waals surface area contributed by atoms with Gasteiger partial charge in [0.15, 0.2) is 0 Å². The molecule has 1 fully saturated rings. The van der Waals surface area contributed by atoms with E-state index in [1.807, 2.05) is 0 Å². The molecule has 1 heterocycles. The van der Waals surface area contributed by atoms with Gasteiger partial charge in [-0.15, -0.1) is 0 Å². The number of hydrogen-bond acceptors (Lipinski definition) is 4. The standard InChI is InChI=1S/C16H23N3O4S/c17-15(20)12-18-16(21)9-6-13-4-7-14(8-5-13)24(22,23)19-10-2-1-3-11-19/h4-5,7-8H,1-3,6,9-12H2,(H2,17,20)(H,18,21). The van der Waals surface area contributed by atoms with Gasteiger partial charge in [-0.25, -0.2) is 8.42 Å². The number of nitrogens with two attached hydrogens (primary N) is 1. The Hall–Kier alpha value is -1.93. The van der Waals surface area contributed by atoms with Crippen LogP contribution in [0.2, 0.25) is 0 Å². The minimum absolute atomic E-state index is 0.175. The van der Waals surface area contributed by atoms with E-state index in [0.717, 1.165) is 24.8 Å². The Balaban J connectivity index is 1.92. The van der Waals surface area contributed by atoms with Crippen molar-refractivity contribution in [3.63, 3.8) is 0 Å². The Morgan fingerprint density at radius 1 is 1.08 bits per heavy atom. The molecule has 0 aliphatic carbocycles. The van der Waals surface area contributed by atoms with Gasteiger partial charge in [0.2, 0.25) is 21.8 Å². The number of sulfonamides is 1. The van der Waals surface area contributed by atoms with E-state index >= 15 is 0 Å². The number of nitrogens with one attached hydrogen (secondary N) is 1. The maximum Gasteiger partial charge on any atom is 0.243 e. The molecular weight excluding hydrogens is 330 g/mol. The van der Waals surface area contributed by atoms with Gasteiger partial charge in [0.25, 0.3) is 0 Å². The average Bonchev–Trinajstić information content (AvgIpc) is 2.59. The summed E-state index contributed by atoms with van der Waals surface area (Å²) in [5.74, 6) is -0.852. The number of hydrogen-bond donors (Lipinski definition) is 2. The molecular formula is C16H23N3O4S. The summed E-state index contributed by atoms with van der Waals surface area (Å²) in [6.07, 6.45) is 3.55. The largest absolute Gasteiger partial charge is 0.368 e. The van der Waals surface area contributed by atoms with Crippen LogP contribution < -0.4 is 11.1 Å². The first-order chi connectivity index (χ1) is 11.4. The fraction of sp³-hybridized carbons (Fsp3) is 0.500. The third kappa shape index (κ3) is 5.04. The molecule has 0 radical (unpaired) electrons. The lowest BCUT2D eigenvalue weighted by Crippen LogP contribution is -2.35. The Labute approximate surface area is 142 Å². The summed E-state index contributed by atoms with van der Waals surface area (Å²) in [6, 6.07) is 6.61. The third-order valence-corrected chi connectivity index (χ3v) is 5.89. The Bertz CT molecular complexity index is 680. The number of nitrogens with zero attached hydrogens (tertiary/aromatic N) is 1. The summed E-state index contributed by atoms with van der Waals surface area (Å²) >= 11 is 0. The Morgan fingerprint density at radius 2 is 1.71 bits per heavy atom. The highest BCUT2D eigenvalue weighted by molar-refractivity contribution is 7.89. The maximum atomic E-state index is 12.5. The monoisotopic (exact) mass is 353 g/mol. The van der Waals surface area contributed by atoms with Gasteiger partial charge in [0, 0.05) is 19.5 Å². The van der Waals surface area contributed by atoms with E-state index in [4.69, 9.17) is 5.73 Å². The predicted octanol–water partition coefficient (Wildman–Crippen LogP) is 0.395. The van der Waals surface area contributed by atoms with Gasteiger partial charge in [0.1, 0.15) is 0 Å². The SMILES string of the molecule is NC(=O)CNC(=O)CCc1ccc(S(=O)(=O)N2CCCCC2)cc1. The molecule has 0 spiro atoms. The molecule has 1 aliphatic heterocycles. The molecule has 0 unspecified atom stereocenters. The molecule has 24 heavy (non-hydrogen) atoms. The van der Waals surface area contributed by atoms with Gasteiger partial charge in [-0.1, -0.05) is 18.6 Å². The van der Waals surface area contributed by atoms with Gasteiger partial charge in [0.05, 0.1) is 11.4 Å². The molecule has 1 aliphatic rings. The number of aryl methyl sites for hydroxylation is 1. The number of amides is 2. The van der Waals surface area contributed by atoms with Crippen LogP contribution >= 0.6 is 0 Å². The van der Waals surface area contributed by atoms with Crippen molar-refractivity contribution >= 4 is 21.8 Å². The van der Waals surface area contributed by atoms with Crippen LogP contribution in [0.25, 0.3) is 0 Å². The molecule has 2 rings (SSSR count). The van der Waals surface area contributed by atoms with E-state index in [1.54, 1.807) is 24.3 Å². The van der Waals surface area contributed by atoms with Gasteiger partial charge in [-0.05, 0) is 37.0 Å². The second kappa shape index (κ2) is 8.25. The summed E-state index contributed by atoms with van der Waals surface area (Å²) in [5.41, 5.74) is 5.82. The van der Waals surface area contributed by atoms with Crippen molar-refractivity contribution in [1.82, 2.24) is 9.62 Å². The normalized spacial score (nSPS) is 15.8. The van der Waals surface area contributed by atoms with Crippen molar-refractivity contribution in [1.29, 1.82) is 0 Å². The second-order valence-electron chi connectivity index (χ2n) is 5.85. The van der Waals surface area contributed by atoms with Crippen molar-refractivity contribution in [3.8, 4) is 0 Å². The highest BCUT2D eigenvalue weighted by Crippen LogP contribution is 2.21. The number of benzene rings is 1. The number of rotatable bonds is 7. The lowest BCUT2D eigenvalue weighted by Gasteiger charge is -2.25. The van der Waals surface area contributed by atoms with Crippen LogP contribution in [0.5, 0.6) is 0 Å². The molecule has 0 aromatic heterocycles. The van der Waals surface area contributed by atoms with Crippen LogP contribution in [0.4, 0.5) is 0 Å². The molecule has 132 valence electrons. The summed E-state index contributed by atoms with van der Waals surface area (Å²) in [4.78, 5) is 22.4. The molecule has 0 atom stereocenters. The molecule has 7 nitrogen and oxygen atoms in total. The number of piperidine rings is 1. The fourth-order valence-electron chi connectivity index (χ4n) is 2.61. The summed E-state index contributed by atoms with van der Waals surface area (Å²) in [5, 5.41) is 2.41. The Kier molecular flexibility index (Phi) is 6.33. The number of carbonyl (C=O) groups excluding carboxylic acids is 2. The second-order valence-corrected chi connectivity index (χ2v) is 7.79. The number of primary amides is 1. The van der Waals surface area contributed by atoms with E-state index in [0.29, 0.717) is 19.5 Å². The fourth-order valence-corrected chi connectivity index (χ4v) is 4.13. The molecule has 0 saturated carbocycles. The zero-order chi connectivity index (χ0) is 17.6. The average molecular weight is 353 g/mol. The number of carbonyl (C=O) groups is 2. The van der Waals surface area contributed by atoms with Crippen molar-refractivity contribution in [2.45, 2.75) is 37.0 Å². The summed E-state index contributed by atoms with van der Waals surface area (Å²) in [7, 11) is -3.43. The van der Waals surface area contributed by atoms with Crippen LogP contribution in [0.15, 0.2) is 29.2 Å². The van der Waals surface area contributed by atoms with Crippen molar-refractivity contribution in [2.24, 2.45) is 5.73 Å². The van der Waals surface area contributed by atoms with E-state index in [9.17, 15) is 18.0 Å². The lowest BCUT2D eigenvalue weighted by atomic mass is 10.1. The Morgan fingerprint density at radius 3 is 2.29 bits per heavy atom. The zero-order valence-corrected chi connectivity index (χ0v) is 14.3. The summed E-state index contributed by atoms with van der Waals surface area (Å²) in [6.45, 7) is 0.972. The van der Waals surface area contributed by atoms with E-state index < -0.39 is 15.9 Å². The predicted molar refractivity (Wildman–Crippen MR) is 89.6 cm³/mol. The molecule has 1 aromatic carbocycles. The maximum absolute atomic E-state index is 12.5. The molecule has 8 heteroatoms. The van der Waals surface area contributed by atoms with Gasteiger partial charge in [-0.2, -0.15) is 4.31 Å². The van der Waals surface area contributed by atoms with Crippen LogP contribution in [0.3, 0.4) is 0 Å². The molecule has 1 saturated heterocycles. The highest BCUT2D eigenvalue weighted by atomic mass is 32.2. The molecule has 2 amide bonds. The first-order valence-electron chi connectivity index (χ1n) is 8.03. The topological polar surface area (TPSA) is 110 Å². The first-order valence-corrected chi connectivity index (χ1v) is 9.48. The highest BCUT2D eigenvalue weighted by Gasteiger charge is 2.25. The van der Waals surface area contributed by atoms with Gasteiger partial charge in [-0.3, -0.25) is 9.59 Å². The van der Waals surface area contributed by atoms with E-state index in [2.05, 4.69) is 5.32 Å². The minimum Gasteiger partial charge on any atom is -0.368 e. The third-order valence-electron chi connectivity index (χ3n) is 3.98. The van der Waals surface area contributed by atoms with Crippen LogP contribution in [0.1, 0.15) is 31.2 Å². The molecule has 0 bridgehead atoms. The molecule has 1 aromatic rings. The quantitative estimate of drug-likeness (QED) is 0.739. The summed E-state index contributed by atoms with van der Waals surface area (Å²) < 4.78 is 26.6. The van der Waals surface area contributed by atoms with Crippen LogP contribution in [0, 0.1) is 0 Å². The van der Waals surface area contributed by atoms with E-state index in [1.165, 1.54) is 4.31 Å². The molecule has 3 N–H and O–H groups in total. The smallest absolute Gasteiger partial charge is 0.243 e. The van der Waals surface area contributed by atoms with Gasteiger partial charge >= 0.3 is 0 Å². The van der Waals surface area contributed by atoms with Crippen LogP contribution in [-0.2, 0) is 26.0 Å². The van der Waals surface area contributed by atoms with Crippen molar-refractivity contribution in [3.05, 3.63) is 29.8 Å². The van der Waals surface area contributed by atoms with Crippen molar-refractivity contribution in [2.75, 3.05) is 19.6 Å². The van der Waals surface area contributed by atoms with E-state index in [-0.39, 0.29) is 23.8 Å². The van der Waals surface area contributed by atoms with Crippen molar-refractivity contribution < 1.29 is 18.0 Å². The first kappa shape index (κ1) is 18.4. The van der Waals surface area contributed by atoms with Gasteiger partial charge < -0.3 is 11.1 Å². The van der Waals surface area contributed by atoms with Crippen LogP contribution in [-0.4, -0.2) is 44.2 Å². The minimum atomic E-state index is -3.43.